The van der Waals surface area contributed by atoms with Gasteiger partial charge in [-0.1, -0.05) is 266 Å². The Bertz CT molecular complexity index is 5340. The van der Waals surface area contributed by atoms with E-state index in [1.165, 1.54) is 345 Å². The van der Waals surface area contributed by atoms with Gasteiger partial charge in [0.05, 0.1) is 15.7 Å². The van der Waals surface area contributed by atoms with Gasteiger partial charge in [-0.25, -0.2) is 0 Å². The third kappa shape index (κ3) is 17.2. The monoisotopic (exact) mass is 1660 g/mol. The maximum atomic E-state index is 2.76. The molecule has 0 unspecified atom stereocenters. The first-order valence-corrected chi connectivity index (χ1v) is 50.9. The van der Waals surface area contributed by atoms with Gasteiger partial charge < -0.3 is 0 Å². The Morgan fingerprint density at radius 3 is 1.09 bits per heavy atom. The molecule has 13 aromatic rings. The summed E-state index contributed by atoms with van der Waals surface area (Å²) in [5, 5.41) is 0. The molecule has 3 aliphatic rings. The predicted octanol–water partition coefficient (Wildman–Crippen LogP) is 35.5. The molecule has 0 saturated heterocycles. The Hall–Kier alpha value is -6.82. The zero-order chi connectivity index (χ0) is 78.8. The highest BCUT2D eigenvalue weighted by molar-refractivity contribution is 7.30. The van der Waals surface area contributed by atoms with E-state index in [4.69, 9.17) is 0 Å². The van der Waals surface area contributed by atoms with Crippen molar-refractivity contribution in [2.24, 2.45) is 0 Å². The molecule has 0 radical (unpaired) electrons. The Balaban J connectivity index is 0.839. The number of hydrogen-bond donors (Lipinski definition) is 0. The van der Waals surface area contributed by atoms with E-state index in [0.717, 1.165) is 32.1 Å². The van der Waals surface area contributed by atoms with Crippen molar-refractivity contribution in [2.75, 3.05) is 0 Å². The lowest BCUT2D eigenvalue weighted by atomic mass is 9.65. The molecule has 16 rings (SSSR count). The van der Waals surface area contributed by atoms with Crippen molar-refractivity contribution in [1.82, 2.24) is 0 Å². The van der Waals surface area contributed by atoms with E-state index in [9.17, 15) is 0 Å². The molecular formula is C107H118S8. The Labute approximate surface area is 721 Å². The lowest BCUT2D eigenvalue weighted by molar-refractivity contribution is 0.666. The third-order valence-corrected chi connectivity index (χ3v) is 34.9. The van der Waals surface area contributed by atoms with Crippen LogP contribution in [0.4, 0.5) is 0 Å². The SMILES string of the molecule is CCCCCCc1ccc(C2(c3ccc(CCCCCC)cc3)c3cc4c(cc3-c3sc(C)cc32)C(c2ccc(CCCCCC)cc2)(c2ccc(CCCCCC)cc2)c2cc(-c3ccc(-c5sc(-c6cc(C7=CC=C(c8ccc(CCCCCC)s8)C7)c(C)s6)cc5-c5ccc(-c6ccc(CCCCCC)s6)s5)s3)sc2-4)cc1. The molecule has 0 saturated carbocycles. The summed E-state index contributed by atoms with van der Waals surface area (Å²) in [5.74, 6) is 0. The fraction of sp³-hybridized carbons (Fsp3) is 0.383. The normalized spacial score (nSPS) is 13.8. The fourth-order valence-corrected chi connectivity index (χ4v) is 28.0. The molecule has 0 aliphatic heterocycles. The molecule has 8 heterocycles. The highest BCUT2D eigenvalue weighted by Gasteiger charge is 2.53. The summed E-state index contributed by atoms with van der Waals surface area (Å²) in [4.78, 5) is 22.3. The molecule has 115 heavy (non-hydrogen) atoms. The first-order chi connectivity index (χ1) is 56.5. The van der Waals surface area contributed by atoms with Gasteiger partial charge in [-0.2, -0.15) is 0 Å². The van der Waals surface area contributed by atoms with E-state index in [-0.39, 0.29) is 0 Å². The van der Waals surface area contributed by atoms with Crippen LogP contribution < -0.4 is 0 Å². The van der Waals surface area contributed by atoms with Gasteiger partial charge in [-0.05, 0) is 277 Å². The van der Waals surface area contributed by atoms with Crippen molar-refractivity contribution in [3.8, 4) is 70.3 Å². The molecule has 8 aromatic heterocycles. The van der Waals surface area contributed by atoms with E-state index in [2.05, 4.69) is 261 Å². The van der Waals surface area contributed by atoms with Crippen molar-refractivity contribution in [3.05, 3.63) is 291 Å². The lowest BCUT2D eigenvalue weighted by Crippen LogP contribution is -2.30. The van der Waals surface area contributed by atoms with Crippen molar-refractivity contribution in [2.45, 2.75) is 265 Å². The Kier molecular flexibility index (Phi) is 27.1. The molecule has 0 bridgehead atoms. The minimum atomic E-state index is -0.595. The van der Waals surface area contributed by atoms with E-state index in [1.54, 1.807) is 0 Å². The van der Waals surface area contributed by atoms with Crippen LogP contribution >= 0.6 is 90.7 Å². The molecule has 0 nitrogen and oxygen atoms in total. The molecule has 8 heteroatoms. The number of hydrogen-bond acceptors (Lipinski definition) is 8. The second-order valence-electron chi connectivity index (χ2n) is 33.4. The van der Waals surface area contributed by atoms with Crippen LogP contribution in [0, 0.1) is 13.8 Å². The average molecular weight is 1660 g/mol. The van der Waals surface area contributed by atoms with Gasteiger partial charge >= 0.3 is 0 Å². The van der Waals surface area contributed by atoms with E-state index < -0.39 is 10.8 Å². The van der Waals surface area contributed by atoms with Crippen LogP contribution in [0.3, 0.4) is 0 Å². The highest BCUT2D eigenvalue weighted by atomic mass is 32.1. The lowest BCUT2D eigenvalue weighted by Gasteiger charge is -2.35. The smallest absolute Gasteiger partial charge is 0.0722 e. The van der Waals surface area contributed by atoms with E-state index in [0.29, 0.717) is 0 Å². The van der Waals surface area contributed by atoms with Gasteiger partial charge in [0.25, 0.3) is 0 Å². The van der Waals surface area contributed by atoms with Gasteiger partial charge in [0.2, 0.25) is 0 Å². The molecule has 594 valence electrons. The predicted molar refractivity (Wildman–Crippen MR) is 515 cm³/mol. The van der Waals surface area contributed by atoms with Crippen molar-refractivity contribution >= 4 is 102 Å². The first-order valence-electron chi connectivity index (χ1n) is 44.4. The summed E-state index contributed by atoms with van der Waals surface area (Å²) in [6.07, 6.45) is 43.3. The topological polar surface area (TPSA) is 0 Å². The fourth-order valence-electron chi connectivity index (χ4n) is 18.8. The van der Waals surface area contributed by atoms with Crippen LogP contribution in [0.1, 0.15) is 299 Å². The average Bonchev–Trinajstić information content (AvgIpc) is 1.50. The summed E-state index contributed by atoms with van der Waals surface area (Å²) < 4.78 is 0. The highest BCUT2D eigenvalue weighted by Crippen LogP contribution is 2.66. The molecular weight excluding hydrogens is 1540 g/mol. The summed E-state index contributed by atoms with van der Waals surface area (Å²) in [5.41, 5.74) is 24.3. The zero-order valence-corrected chi connectivity index (χ0v) is 76.2. The minimum absolute atomic E-state index is 0.528. The van der Waals surface area contributed by atoms with Crippen LogP contribution in [0.2, 0.25) is 0 Å². The summed E-state index contributed by atoms with van der Waals surface area (Å²) >= 11 is 16.1. The summed E-state index contributed by atoms with van der Waals surface area (Å²) in [6, 6.07) is 75.7. The molecule has 3 aliphatic carbocycles. The second-order valence-corrected chi connectivity index (χ2v) is 42.5. The number of allylic oxidation sites excluding steroid dienone is 4. The number of fused-ring (bicyclic) bond motifs is 6. The number of unbranched alkanes of at least 4 members (excludes halogenated alkanes) is 18. The maximum absolute atomic E-state index is 2.76. The van der Waals surface area contributed by atoms with Gasteiger partial charge in [-0.3, -0.25) is 0 Å². The summed E-state index contributed by atoms with van der Waals surface area (Å²) in [6.45, 7) is 18.7. The van der Waals surface area contributed by atoms with Gasteiger partial charge in [0.15, 0.2) is 0 Å². The van der Waals surface area contributed by atoms with E-state index in [1.807, 2.05) is 79.4 Å². The van der Waals surface area contributed by atoms with Crippen LogP contribution in [0.15, 0.2) is 194 Å². The largest absolute Gasteiger partial charge is 0.141 e. The van der Waals surface area contributed by atoms with Crippen LogP contribution in [-0.4, -0.2) is 0 Å². The molecule has 0 fully saturated rings. The Morgan fingerprint density at radius 2 is 0.600 bits per heavy atom. The molecule has 0 atom stereocenters. The molecule has 0 spiro atoms. The van der Waals surface area contributed by atoms with Crippen LogP contribution in [0.25, 0.3) is 81.5 Å². The molecule has 5 aromatic carbocycles. The van der Waals surface area contributed by atoms with Crippen molar-refractivity contribution < 1.29 is 0 Å². The second kappa shape index (κ2) is 38.1. The molecule has 0 N–H and O–H groups in total. The maximum Gasteiger partial charge on any atom is 0.0722 e. The summed E-state index contributed by atoms with van der Waals surface area (Å²) in [7, 11) is 0. The van der Waals surface area contributed by atoms with Crippen molar-refractivity contribution in [3.63, 3.8) is 0 Å². The number of thiophene rings is 8. The first kappa shape index (κ1) is 81.9. The number of aryl methyl sites for hydroxylation is 8. The van der Waals surface area contributed by atoms with Crippen LogP contribution in [-0.2, 0) is 49.4 Å². The quantitative estimate of drug-likeness (QED) is 0.0335. The zero-order valence-electron chi connectivity index (χ0n) is 69.7. The van der Waals surface area contributed by atoms with Gasteiger partial charge in [0, 0.05) is 78.7 Å². The number of rotatable bonds is 41. The minimum Gasteiger partial charge on any atom is -0.141 e. The number of benzene rings is 5. The van der Waals surface area contributed by atoms with Gasteiger partial charge in [0.1, 0.15) is 0 Å². The third-order valence-electron chi connectivity index (χ3n) is 25.2. The molecule has 0 amide bonds. The van der Waals surface area contributed by atoms with Crippen LogP contribution in [0.5, 0.6) is 0 Å². The van der Waals surface area contributed by atoms with Gasteiger partial charge in [-0.15, -0.1) is 90.7 Å². The standard InChI is InChI=1S/C107H118S8/c1-9-15-21-27-33-74-39-49-80(50-40-74)106(81-51-41-75(42-52-81)34-28-22-16-10-2)90-68-88-91(67-87(90)103-92(106)65-72(7)108-103)107(82-53-43-76(44-54-82)35-29-23-17-11-3,83-55-45-77(46-56-83)36-30-24-18-12-4)93-71-102(114-104(88)93)98-63-64-99(113-98)105-89(95-61-62-97(112-95)96-60-58-85(111-96)38-32-26-20-14-6)70-101(115-105)100-69-86(73(8)109-100)78-47-48-79(66-78)94-59-57-84(110-94)37-31-25-19-13-5/h39-65,67-71H,9-38,66H2,1-8H3. The van der Waals surface area contributed by atoms with Crippen molar-refractivity contribution in [1.29, 1.82) is 0 Å². The van der Waals surface area contributed by atoms with E-state index >= 15 is 0 Å². The Morgan fingerprint density at radius 1 is 0.243 bits per heavy atom.